The van der Waals surface area contributed by atoms with Gasteiger partial charge in [-0.1, -0.05) is 20.8 Å². The van der Waals surface area contributed by atoms with E-state index in [4.69, 9.17) is 0 Å². The van der Waals surface area contributed by atoms with E-state index in [1.165, 1.54) is 5.56 Å². The number of nitrogens with zero attached hydrogens (tertiary/aromatic N) is 2. The second-order valence-electron chi connectivity index (χ2n) is 6.73. The largest absolute Gasteiger partial charge is 0.508 e. The highest BCUT2D eigenvalue weighted by Gasteiger charge is 2.21. The highest BCUT2D eigenvalue weighted by molar-refractivity contribution is 5.56. The lowest BCUT2D eigenvalue weighted by Crippen LogP contribution is -2.16. The SMILES string of the molecule is Cc1cc(NCc2cn(C)nc2C(C)(C)C)c(C)cc1O. The molecular formula is C17H25N3O. The van der Waals surface area contributed by atoms with Gasteiger partial charge in [-0.2, -0.15) is 5.10 Å². The van der Waals surface area contributed by atoms with Crippen LogP contribution in [-0.4, -0.2) is 14.9 Å². The van der Waals surface area contributed by atoms with Gasteiger partial charge in [0.05, 0.1) is 5.69 Å². The second-order valence-corrected chi connectivity index (χ2v) is 6.73. The fraction of sp³-hybridized carbons (Fsp3) is 0.471. The summed E-state index contributed by atoms with van der Waals surface area (Å²) in [5.41, 5.74) is 5.32. The molecule has 2 N–H and O–H groups in total. The Labute approximate surface area is 126 Å². The van der Waals surface area contributed by atoms with Gasteiger partial charge in [-0.25, -0.2) is 0 Å². The number of aromatic hydroxyl groups is 1. The van der Waals surface area contributed by atoms with Crippen LogP contribution in [-0.2, 0) is 19.0 Å². The number of phenols is 1. The molecule has 114 valence electrons. The van der Waals surface area contributed by atoms with Crippen LogP contribution in [0.15, 0.2) is 18.3 Å². The van der Waals surface area contributed by atoms with Gasteiger partial charge in [-0.15, -0.1) is 0 Å². The van der Waals surface area contributed by atoms with Crippen LogP contribution in [0.3, 0.4) is 0 Å². The molecule has 4 nitrogen and oxygen atoms in total. The Hall–Kier alpha value is -1.97. The van der Waals surface area contributed by atoms with E-state index in [2.05, 4.69) is 37.4 Å². The van der Waals surface area contributed by atoms with Crippen molar-refractivity contribution < 1.29 is 5.11 Å². The van der Waals surface area contributed by atoms with Crippen molar-refractivity contribution in [1.29, 1.82) is 0 Å². The number of phenolic OH excluding ortho intramolecular Hbond substituents is 1. The fourth-order valence-electron chi connectivity index (χ4n) is 2.48. The van der Waals surface area contributed by atoms with Crippen molar-refractivity contribution in [3.8, 4) is 5.75 Å². The summed E-state index contributed by atoms with van der Waals surface area (Å²) in [6.45, 7) is 11.2. The van der Waals surface area contributed by atoms with Crippen LogP contribution < -0.4 is 5.32 Å². The van der Waals surface area contributed by atoms with E-state index in [1.807, 2.05) is 31.6 Å². The van der Waals surface area contributed by atoms with Crippen LogP contribution in [0.25, 0.3) is 0 Å². The molecule has 4 heteroatoms. The number of benzene rings is 1. The molecule has 0 aliphatic carbocycles. The Kier molecular flexibility index (Phi) is 3.99. The number of nitrogens with one attached hydrogen (secondary N) is 1. The van der Waals surface area contributed by atoms with Crippen LogP contribution in [0.4, 0.5) is 5.69 Å². The molecule has 0 radical (unpaired) electrons. The number of hydrogen-bond acceptors (Lipinski definition) is 3. The molecule has 0 saturated heterocycles. The summed E-state index contributed by atoms with van der Waals surface area (Å²) in [5.74, 6) is 0.342. The van der Waals surface area contributed by atoms with Crippen molar-refractivity contribution in [2.24, 2.45) is 7.05 Å². The maximum absolute atomic E-state index is 9.72. The van der Waals surface area contributed by atoms with E-state index < -0.39 is 0 Å². The first-order valence-corrected chi connectivity index (χ1v) is 7.25. The average molecular weight is 287 g/mol. The fourth-order valence-corrected chi connectivity index (χ4v) is 2.48. The monoisotopic (exact) mass is 287 g/mol. The van der Waals surface area contributed by atoms with Gasteiger partial charge in [-0.05, 0) is 37.1 Å². The van der Waals surface area contributed by atoms with E-state index in [-0.39, 0.29) is 5.41 Å². The lowest BCUT2D eigenvalue weighted by atomic mass is 9.89. The zero-order valence-corrected chi connectivity index (χ0v) is 13.8. The Balaban J connectivity index is 2.23. The quantitative estimate of drug-likeness (QED) is 0.847. The second kappa shape index (κ2) is 5.43. The van der Waals surface area contributed by atoms with Crippen molar-refractivity contribution in [3.63, 3.8) is 0 Å². The predicted molar refractivity (Wildman–Crippen MR) is 86.8 cm³/mol. The van der Waals surface area contributed by atoms with Crippen molar-refractivity contribution in [1.82, 2.24) is 9.78 Å². The highest BCUT2D eigenvalue weighted by atomic mass is 16.3. The summed E-state index contributed by atoms with van der Waals surface area (Å²) in [4.78, 5) is 0. The molecule has 2 aromatic rings. The molecule has 1 aromatic carbocycles. The van der Waals surface area contributed by atoms with Gasteiger partial charge in [0.2, 0.25) is 0 Å². The van der Waals surface area contributed by atoms with Gasteiger partial charge in [0.15, 0.2) is 0 Å². The molecule has 0 unspecified atom stereocenters. The van der Waals surface area contributed by atoms with E-state index in [1.54, 1.807) is 6.07 Å². The summed E-state index contributed by atoms with van der Waals surface area (Å²) >= 11 is 0. The Morgan fingerprint density at radius 3 is 2.48 bits per heavy atom. The minimum Gasteiger partial charge on any atom is -0.508 e. The maximum Gasteiger partial charge on any atom is 0.118 e. The van der Waals surface area contributed by atoms with E-state index >= 15 is 0 Å². The van der Waals surface area contributed by atoms with Crippen LogP contribution in [0.2, 0.25) is 0 Å². The highest BCUT2D eigenvalue weighted by Crippen LogP contribution is 2.27. The lowest BCUT2D eigenvalue weighted by Gasteiger charge is -2.18. The third-order valence-corrected chi connectivity index (χ3v) is 3.63. The lowest BCUT2D eigenvalue weighted by molar-refractivity contribution is 0.471. The first-order chi connectivity index (χ1) is 9.68. The number of aryl methyl sites for hydroxylation is 3. The topological polar surface area (TPSA) is 50.1 Å². The maximum atomic E-state index is 9.72. The molecule has 1 aromatic heterocycles. The minimum absolute atomic E-state index is 0.0260. The zero-order valence-electron chi connectivity index (χ0n) is 13.8. The van der Waals surface area contributed by atoms with Gasteiger partial charge < -0.3 is 10.4 Å². The molecule has 0 amide bonds. The van der Waals surface area contributed by atoms with Crippen molar-refractivity contribution in [3.05, 3.63) is 40.7 Å². The molecule has 0 aliphatic heterocycles. The van der Waals surface area contributed by atoms with Gasteiger partial charge in [0.25, 0.3) is 0 Å². The van der Waals surface area contributed by atoms with Crippen LogP contribution >= 0.6 is 0 Å². The van der Waals surface area contributed by atoms with E-state index in [0.29, 0.717) is 5.75 Å². The first kappa shape index (κ1) is 15.4. The Morgan fingerprint density at radius 1 is 1.19 bits per heavy atom. The normalized spacial score (nSPS) is 11.7. The molecule has 0 spiro atoms. The molecule has 0 atom stereocenters. The number of aromatic nitrogens is 2. The summed E-state index contributed by atoms with van der Waals surface area (Å²) in [7, 11) is 1.95. The van der Waals surface area contributed by atoms with Crippen LogP contribution in [0.5, 0.6) is 5.75 Å². The Morgan fingerprint density at radius 2 is 1.86 bits per heavy atom. The summed E-state index contributed by atoms with van der Waals surface area (Å²) in [6.07, 6.45) is 2.07. The third kappa shape index (κ3) is 3.38. The first-order valence-electron chi connectivity index (χ1n) is 7.25. The predicted octanol–water partition coefficient (Wildman–Crippen LogP) is 3.65. The number of anilines is 1. The average Bonchev–Trinajstić information content (AvgIpc) is 2.73. The zero-order chi connectivity index (χ0) is 15.8. The van der Waals surface area contributed by atoms with Crippen molar-refractivity contribution >= 4 is 5.69 Å². The third-order valence-electron chi connectivity index (χ3n) is 3.63. The van der Waals surface area contributed by atoms with Gasteiger partial charge >= 0.3 is 0 Å². The van der Waals surface area contributed by atoms with E-state index in [0.717, 1.165) is 29.1 Å². The summed E-state index contributed by atoms with van der Waals surface area (Å²) in [6, 6.07) is 3.78. The molecule has 0 bridgehead atoms. The molecule has 21 heavy (non-hydrogen) atoms. The standard InChI is InChI=1S/C17H25N3O/c1-11-8-15(21)12(2)7-14(11)18-9-13-10-20(6)19-16(13)17(3,4)5/h7-8,10,18,21H,9H2,1-6H3. The molecule has 0 aliphatic rings. The van der Waals surface area contributed by atoms with E-state index in [9.17, 15) is 5.11 Å². The Bertz CT molecular complexity index is 651. The van der Waals surface area contributed by atoms with Crippen LogP contribution in [0, 0.1) is 13.8 Å². The summed E-state index contributed by atoms with van der Waals surface area (Å²) in [5, 5.41) is 17.8. The van der Waals surface area contributed by atoms with Crippen molar-refractivity contribution in [2.45, 2.75) is 46.6 Å². The number of hydrogen-bond donors (Lipinski definition) is 2. The van der Waals surface area contributed by atoms with Gasteiger partial charge in [0, 0.05) is 36.5 Å². The molecule has 1 heterocycles. The molecule has 0 saturated carbocycles. The number of rotatable bonds is 3. The van der Waals surface area contributed by atoms with Gasteiger partial charge in [-0.3, -0.25) is 4.68 Å². The van der Waals surface area contributed by atoms with Crippen LogP contribution in [0.1, 0.15) is 43.2 Å². The van der Waals surface area contributed by atoms with Crippen molar-refractivity contribution in [2.75, 3.05) is 5.32 Å². The van der Waals surface area contributed by atoms with Gasteiger partial charge in [0.1, 0.15) is 5.75 Å². The smallest absolute Gasteiger partial charge is 0.118 e. The molecule has 2 rings (SSSR count). The minimum atomic E-state index is 0.0260. The molecular weight excluding hydrogens is 262 g/mol. The molecule has 0 fully saturated rings. The summed E-state index contributed by atoms with van der Waals surface area (Å²) < 4.78 is 1.87.